The first-order valence-corrected chi connectivity index (χ1v) is 7.43. The molecule has 5 heteroatoms. The zero-order valence-corrected chi connectivity index (χ0v) is 13.1. The number of likely N-dealkylation sites (tertiary alicyclic amines) is 1. The van der Waals surface area contributed by atoms with Crippen LogP contribution >= 0.6 is 0 Å². The minimum atomic E-state index is -0.543. The Labute approximate surface area is 125 Å². The molecule has 0 spiro atoms. The molecule has 116 valence electrons. The monoisotopic (exact) mass is 293 g/mol. The van der Waals surface area contributed by atoms with Crippen LogP contribution in [0.1, 0.15) is 56.7 Å². The number of amides is 1. The van der Waals surface area contributed by atoms with E-state index in [1.807, 2.05) is 27.7 Å². The van der Waals surface area contributed by atoms with Crippen LogP contribution in [0.5, 0.6) is 0 Å². The van der Waals surface area contributed by atoms with Gasteiger partial charge in [-0.2, -0.15) is 0 Å². The van der Waals surface area contributed by atoms with Gasteiger partial charge < -0.3 is 14.1 Å². The molecule has 1 amide bonds. The van der Waals surface area contributed by atoms with Gasteiger partial charge in [0.1, 0.15) is 17.4 Å². The van der Waals surface area contributed by atoms with E-state index in [-0.39, 0.29) is 11.9 Å². The molecule has 0 N–H and O–H groups in total. The van der Waals surface area contributed by atoms with Crippen molar-refractivity contribution in [3.05, 3.63) is 23.7 Å². The molecular formula is C16H23NO4. The average Bonchev–Trinajstić information content (AvgIpc) is 3.04. The van der Waals surface area contributed by atoms with Crippen LogP contribution in [0.4, 0.5) is 0 Å². The van der Waals surface area contributed by atoms with Crippen LogP contribution in [-0.4, -0.2) is 35.0 Å². The van der Waals surface area contributed by atoms with E-state index in [2.05, 4.69) is 0 Å². The molecule has 0 saturated carbocycles. The van der Waals surface area contributed by atoms with E-state index < -0.39 is 11.6 Å². The third-order valence-electron chi connectivity index (χ3n) is 3.49. The third-order valence-corrected chi connectivity index (χ3v) is 3.49. The zero-order valence-electron chi connectivity index (χ0n) is 13.1. The van der Waals surface area contributed by atoms with E-state index in [9.17, 15) is 9.59 Å². The van der Waals surface area contributed by atoms with Gasteiger partial charge >= 0.3 is 5.97 Å². The summed E-state index contributed by atoms with van der Waals surface area (Å²) in [5.74, 6) is 0.193. The number of rotatable bonds is 3. The van der Waals surface area contributed by atoms with Gasteiger partial charge in [0.15, 0.2) is 0 Å². The molecule has 1 atom stereocenters. The number of hydrogen-bond acceptors (Lipinski definition) is 4. The maximum atomic E-state index is 12.6. The van der Waals surface area contributed by atoms with Gasteiger partial charge in [0.05, 0.1) is 11.8 Å². The molecule has 5 nitrogen and oxygen atoms in total. The molecule has 1 aromatic heterocycles. The van der Waals surface area contributed by atoms with Gasteiger partial charge in [0.2, 0.25) is 0 Å². The van der Waals surface area contributed by atoms with Crippen molar-refractivity contribution in [3.8, 4) is 0 Å². The molecule has 0 aromatic carbocycles. The van der Waals surface area contributed by atoms with E-state index >= 15 is 0 Å². The van der Waals surface area contributed by atoms with Crippen LogP contribution < -0.4 is 0 Å². The topological polar surface area (TPSA) is 59.8 Å². The number of nitrogens with zero attached hydrogens (tertiary/aromatic N) is 1. The Morgan fingerprint density at radius 3 is 2.76 bits per heavy atom. The molecule has 0 unspecified atom stereocenters. The van der Waals surface area contributed by atoms with Crippen molar-refractivity contribution in [3.63, 3.8) is 0 Å². The highest BCUT2D eigenvalue weighted by molar-refractivity contribution is 5.98. The molecule has 0 radical (unpaired) electrons. The molecule has 0 aliphatic carbocycles. The zero-order chi connectivity index (χ0) is 15.6. The van der Waals surface area contributed by atoms with Gasteiger partial charge in [-0.25, -0.2) is 4.79 Å². The summed E-state index contributed by atoms with van der Waals surface area (Å²) in [6.07, 6.45) is 3.64. The van der Waals surface area contributed by atoms with Crippen LogP contribution in [0.25, 0.3) is 0 Å². The van der Waals surface area contributed by atoms with Gasteiger partial charge in [-0.05, 0) is 39.7 Å². The summed E-state index contributed by atoms with van der Waals surface area (Å²) < 4.78 is 10.7. The first-order valence-electron chi connectivity index (χ1n) is 7.43. The molecule has 1 aromatic rings. The second kappa shape index (κ2) is 5.92. The summed E-state index contributed by atoms with van der Waals surface area (Å²) in [4.78, 5) is 26.5. The van der Waals surface area contributed by atoms with Crippen molar-refractivity contribution in [1.29, 1.82) is 0 Å². The molecule has 2 rings (SSSR count). The minimum Gasteiger partial charge on any atom is -0.469 e. The molecule has 0 bridgehead atoms. The normalized spacial score (nSPS) is 18.9. The van der Waals surface area contributed by atoms with Crippen LogP contribution in [0.2, 0.25) is 0 Å². The summed E-state index contributed by atoms with van der Waals surface area (Å²) in [6.45, 7) is 8.01. The van der Waals surface area contributed by atoms with Gasteiger partial charge in [-0.15, -0.1) is 0 Å². The Kier molecular flexibility index (Phi) is 4.40. The van der Waals surface area contributed by atoms with Crippen LogP contribution in [0, 0.1) is 0 Å². The summed E-state index contributed by atoms with van der Waals surface area (Å²) >= 11 is 0. The van der Waals surface area contributed by atoms with Crippen molar-refractivity contribution in [2.75, 3.05) is 6.54 Å². The Morgan fingerprint density at radius 2 is 2.14 bits per heavy atom. The van der Waals surface area contributed by atoms with E-state index in [4.69, 9.17) is 9.15 Å². The molecule has 2 heterocycles. The fourth-order valence-corrected chi connectivity index (χ4v) is 2.58. The summed E-state index contributed by atoms with van der Waals surface area (Å²) in [6, 6.07) is 1.18. The fraction of sp³-hybridized carbons (Fsp3) is 0.625. The Bertz CT molecular complexity index is 527. The van der Waals surface area contributed by atoms with E-state index in [1.54, 1.807) is 11.0 Å². The summed E-state index contributed by atoms with van der Waals surface area (Å²) in [5.41, 5.74) is 0.00599. The van der Waals surface area contributed by atoms with Crippen molar-refractivity contribution in [2.45, 2.75) is 58.6 Å². The average molecular weight is 293 g/mol. The first kappa shape index (κ1) is 15.6. The third kappa shape index (κ3) is 3.46. The SMILES string of the molecule is CCc1occc1C(=O)N1CCC[C@@H]1C(=O)OC(C)(C)C. The number of esters is 1. The van der Waals surface area contributed by atoms with Crippen molar-refractivity contribution < 1.29 is 18.7 Å². The lowest BCUT2D eigenvalue weighted by Crippen LogP contribution is -2.43. The fourth-order valence-electron chi connectivity index (χ4n) is 2.58. The van der Waals surface area contributed by atoms with Gasteiger partial charge in [-0.3, -0.25) is 4.79 Å². The molecule has 1 fully saturated rings. The van der Waals surface area contributed by atoms with Gasteiger partial charge in [-0.1, -0.05) is 6.92 Å². The van der Waals surface area contributed by atoms with E-state index in [0.717, 1.165) is 6.42 Å². The summed E-state index contributed by atoms with van der Waals surface area (Å²) in [7, 11) is 0. The summed E-state index contributed by atoms with van der Waals surface area (Å²) in [5, 5.41) is 0. The maximum Gasteiger partial charge on any atom is 0.329 e. The maximum absolute atomic E-state index is 12.6. The van der Waals surface area contributed by atoms with Crippen LogP contribution in [-0.2, 0) is 16.0 Å². The van der Waals surface area contributed by atoms with Gasteiger partial charge in [0.25, 0.3) is 5.91 Å². The standard InChI is InChI=1S/C16H23NO4/c1-5-13-11(8-10-20-13)14(18)17-9-6-7-12(17)15(19)21-16(2,3)4/h8,10,12H,5-7,9H2,1-4H3/t12-/m1/s1. The predicted octanol–water partition coefficient (Wildman–Crippen LogP) is 2.79. The number of carbonyl (C=O) groups is 2. The largest absolute Gasteiger partial charge is 0.469 e. The predicted molar refractivity (Wildman–Crippen MR) is 78.0 cm³/mol. The molecule has 1 aliphatic rings. The lowest BCUT2D eigenvalue weighted by molar-refractivity contribution is -0.159. The Hall–Kier alpha value is -1.78. The highest BCUT2D eigenvalue weighted by atomic mass is 16.6. The van der Waals surface area contributed by atoms with Crippen LogP contribution in [0.3, 0.4) is 0 Å². The quantitative estimate of drug-likeness (QED) is 0.804. The van der Waals surface area contributed by atoms with Crippen LogP contribution in [0.15, 0.2) is 16.7 Å². The second-order valence-electron chi connectivity index (χ2n) is 6.30. The van der Waals surface area contributed by atoms with E-state index in [1.165, 1.54) is 6.26 Å². The second-order valence-corrected chi connectivity index (χ2v) is 6.30. The lowest BCUT2D eigenvalue weighted by atomic mass is 10.1. The van der Waals surface area contributed by atoms with Crippen molar-refractivity contribution in [1.82, 2.24) is 4.90 Å². The number of hydrogen-bond donors (Lipinski definition) is 0. The van der Waals surface area contributed by atoms with Crippen molar-refractivity contribution >= 4 is 11.9 Å². The Balaban J connectivity index is 2.15. The smallest absolute Gasteiger partial charge is 0.329 e. The Morgan fingerprint density at radius 1 is 1.43 bits per heavy atom. The molecule has 1 aliphatic heterocycles. The number of furan rings is 1. The number of aryl methyl sites for hydroxylation is 1. The molecular weight excluding hydrogens is 270 g/mol. The van der Waals surface area contributed by atoms with Gasteiger partial charge in [0, 0.05) is 13.0 Å². The minimum absolute atomic E-state index is 0.144. The first-order chi connectivity index (χ1) is 9.83. The molecule has 1 saturated heterocycles. The highest BCUT2D eigenvalue weighted by Crippen LogP contribution is 2.24. The highest BCUT2D eigenvalue weighted by Gasteiger charge is 2.38. The number of ether oxygens (including phenoxy) is 1. The lowest BCUT2D eigenvalue weighted by Gasteiger charge is -2.27. The number of carbonyl (C=O) groups excluding carboxylic acids is 2. The van der Waals surface area contributed by atoms with Crippen molar-refractivity contribution in [2.24, 2.45) is 0 Å². The van der Waals surface area contributed by atoms with E-state index in [0.29, 0.717) is 30.7 Å². The molecule has 21 heavy (non-hydrogen) atoms.